The number of para-hydroxylation sites is 1. The normalized spacial score (nSPS) is 11.8. The van der Waals surface area contributed by atoms with E-state index in [1.165, 1.54) is 5.56 Å². The van der Waals surface area contributed by atoms with Crippen molar-refractivity contribution in [3.63, 3.8) is 0 Å². The van der Waals surface area contributed by atoms with Gasteiger partial charge in [-0.3, -0.25) is 4.79 Å². The van der Waals surface area contributed by atoms with Crippen molar-refractivity contribution < 1.29 is 14.3 Å². The maximum Gasteiger partial charge on any atom is 0.260 e. The van der Waals surface area contributed by atoms with Gasteiger partial charge in [-0.15, -0.1) is 0 Å². The molecule has 0 aliphatic carbocycles. The monoisotopic (exact) mass is 361 g/mol. The Morgan fingerprint density at radius 1 is 1.08 bits per heavy atom. The summed E-state index contributed by atoms with van der Waals surface area (Å²) in [6.45, 7) is 3.56. The average molecular weight is 362 g/mol. The third-order valence-electron chi connectivity index (χ3n) is 3.65. The summed E-state index contributed by atoms with van der Waals surface area (Å²) < 4.78 is 11.2. The molecule has 0 saturated heterocycles. The highest BCUT2D eigenvalue weighted by atomic mass is 35.5. The summed E-state index contributed by atoms with van der Waals surface area (Å²) >= 11 is 6.02. The topological polar surface area (TPSA) is 47.6 Å². The summed E-state index contributed by atoms with van der Waals surface area (Å²) in [6.07, 6.45) is 1.06. The first-order valence-corrected chi connectivity index (χ1v) is 8.85. The van der Waals surface area contributed by atoms with Crippen molar-refractivity contribution in [3.8, 4) is 5.75 Å². The Kier molecular flexibility index (Phi) is 8.29. The van der Waals surface area contributed by atoms with Crippen LogP contribution in [-0.4, -0.2) is 31.8 Å². The van der Waals surface area contributed by atoms with Crippen LogP contribution in [0.4, 0.5) is 0 Å². The van der Waals surface area contributed by atoms with E-state index in [0.717, 1.165) is 12.8 Å². The lowest BCUT2D eigenvalue weighted by molar-refractivity contribution is -0.127. The van der Waals surface area contributed by atoms with Gasteiger partial charge in [0.2, 0.25) is 0 Å². The maximum absolute atomic E-state index is 12.0. The van der Waals surface area contributed by atoms with Crippen molar-refractivity contribution in [2.75, 3.05) is 19.8 Å². The number of benzene rings is 2. The number of amides is 1. The SMILES string of the molecule is CC(Oc1ccccc1Cl)C(=O)NCCCOCCc1ccccc1. The van der Waals surface area contributed by atoms with Gasteiger partial charge in [-0.1, -0.05) is 54.1 Å². The minimum Gasteiger partial charge on any atom is -0.479 e. The van der Waals surface area contributed by atoms with E-state index in [1.807, 2.05) is 30.3 Å². The van der Waals surface area contributed by atoms with Gasteiger partial charge in [0.25, 0.3) is 5.91 Å². The van der Waals surface area contributed by atoms with Gasteiger partial charge in [-0.25, -0.2) is 0 Å². The van der Waals surface area contributed by atoms with Crippen molar-refractivity contribution in [1.29, 1.82) is 0 Å². The Morgan fingerprint density at radius 2 is 1.80 bits per heavy atom. The van der Waals surface area contributed by atoms with Crippen LogP contribution in [0, 0.1) is 0 Å². The molecule has 1 amide bonds. The second-order valence-electron chi connectivity index (χ2n) is 5.68. The zero-order valence-electron chi connectivity index (χ0n) is 14.4. The number of nitrogens with one attached hydrogen (secondary N) is 1. The Labute approximate surface area is 154 Å². The van der Waals surface area contributed by atoms with Gasteiger partial charge in [-0.05, 0) is 37.5 Å². The van der Waals surface area contributed by atoms with Crippen LogP contribution in [0.2, 0.25) is 5.02 Å². The van der Waals surface area contributed by atoms with Crippen LogP contribution in [0.3, 0.4) is 0 Å². The Hall–Kier alpha value is -2.04. The van der Waals surface area contributed by atoms with Crippen LogP contribution >= 0.6 is 11.6 Å². The lowest BCUT2D eigenvalue weighted by atomic mass is 10.2. The van der Waals surface area contributed by atoms with E-state index in [1.54, 1.807) is 19.1 Å². The molecule has 2 rings (SSSR count). The number of carbonyl (C=O) groups excluding carboxylic acids is 1. The lowest BCUT2D eigenvalue weighted by Crippen LogP contribution is -2.37. The predicted octanol–water partition coefficient (Wildman–Crippen LogP) is 3.87. The molecule has 0 aromatic heterocycles. The van der Waals surface area contributed by atoms with Gasteiger partial charge in [0, 0.05) is 13.2 Å². The van der Waals surface area contributed by atoms with Gasteiger partial charge in [0.15, 0.2) is 6.10 Å². The van der Waals surface area contributed by atoms with E-state index in [0.29, 0.717) is 30.5 Å². The van der Waals surface area contributed by atoms with E-state index in [4.69, 9.17) is 21.1 Å². The van der Waals surface area contributed by atoms with Gasteiger partial charge >= 0.3 is 0 Å². The summed E-state index contributed by atoms with van der Waals surface area (Å²) in [4.78, 5) is 12.0. The van der Waals surface area contributed by atoms with Crippen LogP contribution in [0.5, 0.6) is 5.75 Å². The Bertz CT molecular complexity index is 648. The van der Waals surface area contributed by atoms with E-state index >= 15 is 0 Å². The minimum atomic E-state index is -0.598. The molecule has 134 valence electrons. The van der Waals surface area contributed by atoms with Gasteiger partial charge in [-0.2, -0.15) is 0 Å². The van der Waals surface area contributed by atoms with Gasteiger partial charge < -0.3 is 14.8 Å². The summed E-state index contributed by atoms with van der Waals surface area (Å²) in [7, 11) is 0. The van der Waals surface area contributed by atoms with Crippen molar-refractivity contribution in [1.82, 2.24) is 5.32 Å². The second-order valence-corrected chi connectivity index (χ2v) is 6.09. The molecule has 0 spiro atoms. The van der Waals surface area contributed by atoms with Crippen LogP contribution in [-0.2, 0) is 16.0 Å². The zero-order chi connectivity index (χ0) is 17.9. The molecule has 0 aliphatic heterocycles. The molecule has 1 atom stereocenters. The number of hydrogen-bond acceptors (Lipinski definition) is 3. The van der Waals surface area contributed by atoms with Gasteiger partial charge in [0.1, 0.15) is 5.75 Å². The van der Waals surface area contributed by atoms with Crippen LogP contribution in [0.1, 0.15) is 18.9 Å². The summed E-state index contributed by atoms with van der Waals surface area (Å²) in [5.74, 6) is 0.347. The number of ether oxygens (including phenoxy) is 2. The number of halogens is 1. The molecule has 2 aromatic rings. The van der Waals surface area contributed by atoms with Crippen LogP contribution < -0.4 is 10.1 Å². The molecule has 4 nitrogen and oxygen atoms in total. The third-order valence-corrected chi connectivity index (χ3v) is 3.96. The predicted molar refractivity (Wildman–Crippen MR) is 100 cm³/mol. The van der Waals surface area contributed by atoms with Crippen molar-refractivity contribution in [2.45, 2.75) is 25.9 Å². The number of carbonyl (C=O) groups is 1. The first kappa shape index (κ1) is 19.3. The van der Waals surface area contributed by atoms with Gasteiger partial charge in [0.05, 0.1) is 11.6 Å². The van der Waals surface area contributed by atoms with E-state index in [-0.39, 0.29) is 5.91 Å². The van der Waals surface area contributed by atoms with Crippen molar-refractivity contribution in [2.24, 2.45) is 0 Å². The molecule has 25 heavy (non-hydrogen) atoms. The standard InChI is InChI=1S/C20H24ClNO3/c1-16(25-19-11-6-5-10-18(19)21)20(23)22-13-7-14-24-15-12-17-8-3-2-4-9-17/h2-6,8-11,16H,7,12-15H2,1H3,(H,22,23). The highest BCUT2D eigenvalue weighted by molar-refractivity contribution is 6.32. The van der Waals surface area contributed by atoms with Crippen molar-refractivity contribution in [3.05, 3.63) is 65.2 Å². The molecule has 0 heterocycles. The fourth-order valence-corrected chi connectivity index (χ4v) is 2.43. The zero-order valence-corrected chi connectivity index (χ0v) is 15.2. The number of hydrogen-bond donors (Lipinski definition) is 1. The highest BCUT2D eigenvalue weighted by Gasteiger charge is 2.15. The second kappa shape index (κ2) is 10.7. The molecule has 5 heteroatoms. The molecule has 0 aliphatic rings. The molecule has 1 unspecified atom stereocenters. The molecule has 0 saturated carbocycles. The van der Waals surface area contributed by atoms with E-state index in [2.05, 4.69) is 17.4 Å². The summed E-state index contributed by atoms with van der Waals surface area (Å²) in [5.41, 5.74) is 1.27. The molecular weight excluding hydrogens is 338 g/mol. The molecule has 2 aromatic carbocycles. The molecule has 0 radical (unpaired) electrons. The van der Waals surface area contributed by atoms with E-state index in [9.17, 15) is 4.79 Å². The first-order valence-electron chi connectivity index (χ1n) is 8.47. The molecular formula is C20H24ClNO3. The fraction of sp³-hybridized carbons (Fsp3) is 0.350. The Morgan fingerprint density at radius 3 is 2.56 bits per heavy atom. The van der Waals surface area contributed by atoms with E-state index < -0.39 is 6.10 Å². The summed E-state index contributed by atoms with van der Waals surface area (Å²) in [5, 5.41) is 3.34. The average Bonchev–Trinajstić information content (AvgIpc) is 2.63. The lowest BCUT2D eigenvalue weighted by Gasteiger charge is -2.15. The highest BCUT2D eigenvalue weighted by Crippen LogP contribution is 2.24. The third kappa shape index (κ3) is 7.16. The largest absolute Gasteiger partial charge is 0.479 e. The fourth-order valence-electron chi connectivity index (χ4n) is 2.25. The smallest absolute Gasteiger partial charge is 0.260 e. The first-order chi connectivity index (χ1) is 12.2. The Balaban J connectivity index is 1.55. The summed E-state index contributed by atoms with van der Waals surface area (Å²) in [6, 6.07) is 17.3. The molecule has 0 bridgehead atoms. The van der Waals surface area contributed by atoms with Crippen LogP contribution in [0.25, 0.3) is 0 Å². The van der Waals surface area contributed by atoms with Crippen molar-refractivity contribution >= 4 is 17.5 Å². The number of rotatable bonds is 10. The van der Waals surface area contributed by atoms with Crippen LogP contribution in [0.15, 0.2) is 54.6 Å². The molecule has 0 fully saturated rings. The quantitative estimate of drug-likeness (QED) is 0.653. The maximum atomic E-state index is 12.0. The minimum absolute atomic E-state index is 0.163. The molecule has 1 N–H and O–H groups in total.